The number of halogens is 3. The molecule has 8 nitrogen and oxygen atoms in total. The summed E-state index contributed by atoms with van der Waals surface area (Å²) in [4.78, 5) is 35.5. The van der Waals surface area contributed by atoms with Crippen LogP contribution in [-0.4, -0.2) is 23.3 Å². The largest absolute Gasteiger partial charge is 0.435 e. The number of non-ortho nitro benzene ring substituents is 1. The molecule has 0 atom stereocenters. The lowest BCUT2D eigenvalue weighted by atomic mass is 10.1. The maximum absolute atomic E-state index is 12.7. The first-order valence-corrected chi connectivity index (χ1v) is 9.78. The van der Waals surface area contributed by atoms with Crippen LogP contribution in [0.2, 0.25) is 5.02 Å². The minimum atomic E-state index is -2.93. The molecule has 0 unspecified atom stereocenters. The Morgan fingerprint density at radius 2 is 1.70 bits per heavy atom. The summed E-state index contributed by atoms with van der Waals surface area (Å²) in [5.41, 5.74) is 0.759. The number of nitrogens with zero attached hydrogens (tertiary/aromatic N) is 1. The zero-order valence-corrected chi connectivity index (χ0v) is 17.5. The first kappa shape index (κ1) is 23.6. The first-order valence-electron chi connectivity index (χ1n) is 9.41. The van der Waals surface area contributed by atoms with Gasteiger partial charge < -0.3 is 15.4 Å². The summed E-state index contributed by atoms with van der Waals surface area (Å²) in [5, 5.41) is 16.0. The second kappa shape index (κ2) is 10.5. The molecule has 0 aliphatic heterocycles. The predicted octanol–water partition coefficient (Wildman–Crippen LogP) is 5.03. The second-order valence-electron chi connectivity index (χ2n) is 6.63. The van der Waals surface area contributed by atoms with Crippen LogP contribution in [0.3, 0.4) is 0 Å². The lowest BCUT2D eigenvalue weighted by Crippen LogP contribution is -2.25. The molecule has 3 rings (SSSR count). The fourth-order valence-corrected chi connectivity index (χ4v) is 3.11. The fraction of sp³-hybridized carbons (Fsp3) is 0.0909. The van der Waals surface area contributed by atoms with E-state index in [9.17, 15) is 28.5 Å². The summed E-state index contributed by atoms with van der Waals surface area (Å²) in [6.45, 7) is -2.83. The van der Waals surface area contributed by atoms with Crippen LogP contribution in [0.4, 0.5) is 20.2 Å². The number of hydrogen-bond donors (Lipinski definition) is 2. The molecular weight excluding hydrogens is 460 g/mol. The minimum Gasteiger partial charge on any atom is -0.435 e. The molecule has 3 aromatic carbocycles. The number of benzene rings is 3. The number of alkyl halides is 2. The van der Waals surface area contributed by atoms with E-state index in [1.165, 1.54) is 42.5 Å². The van der Waals surface area contributed by atoms with E-state index in [-0.39, 0.29) is 39.8 Å². The monoisotopic (exact) mass is 475 g/mol. The van der Waals surface area contributed by atoms with Crippen molar-refractivity contribution in [3.8, 4) is 5.75 Å². The molecule has 0 radical (unpaired) electrons. The molecule has 0 heterocycles. The number of ether oxygens (including phenoxy) is 1. The number of hydrogen-bond acceptors (Lipinski definition) is 5. The highest BCUT2D eigenvalue weighted by atomic mass is 35.5. The van der Waals surface area contributed by atoms with E-state index >= 15 is 0 Å². The molecule has 2 N–H and O–H groups in total. The summed E-state index contributed by atoms with van der Waals surface area (Å²) in [7, 11) is 0. The molecule has 0 aromatic heterocycles. The van der Waals surface area contributed by atoms with Gasteiger partial charge in [-0.1, -0.05) is 35.9 Å². The van der Waals surface area contributed by atoms with Crippen molar-refractivity contribution in [2.75, 3.05) is 5.32 Å². The van der Waals surface area contributed by atoms with E-state index < -0.39 is 23.3 Å². The summed E-state index contributed by atoms with van der Waals surface area (Å²) in [6.07, 6.45) is 0. The van der Waals surface area contributed by atoms with Crippen LogP contribution in [0.5, 0.6) is 5.75 Å². The number of anilines is 1. The van der Waals surface area contributed by atoms with Crippen molar-refractivity contribution in [2.24, 2.45) is 0 Å². The van der Waals surface area contributed by atoms with Crippen LogP contribution < -0.4 is 15.4 Å². The summed E-state index contributed by atoms with van der Waals surface area (Å²) < 4.78 is 28.7. The summed E-state index contributed by atoms with van der Waals surface area (Å²) in [5.74, 6) is -1.14. The van der Waals surface area contributed by atoms with E-state index in [1.54, 1.807) is 12.1 Å². The van der Waals surface area contributed by atoms with Gasteiger partial charge in [0, 0.05) is 18.7 Å². The number of carbonyl (C=O) groups excluding carboxylic acids is 2. The average Bonchev–Trinajstić information content (AvgIpc) is 2.78. The van der Waals surface area contributed by atoms with Crippen molar-refractivity contribution < 1.29 is 28.0 Å². The van der Waals surface area contributed by atoms with Crippen LogP contribution in [0.25, 0.3) is 0 Å². The maximum Gasteiger partial charge on any atom is 0.387 e. The molecule has 3 aromatic rings. The second-order valence-corrected chi connectivity index (χ2v) is 7.03. The minimum absolute atomic E-state index is 0.00182. The zero-order valence-electron chi connectivity index (χ0n) is 16.8. The van der Waals surface area contributed by atoms with E-state index in [0.717, 1.165) is 12.1 Å². The number of carbonyl (C=O) groups is 2. The third-order valence-electron chi connectivity index (χ3n) is 4.43. The highest BCUT2D eigenvalue weighted by molar-refractivity contribution is 6.34. The molecule has 0 aliphatic rings. The zero-order chi connectivity index (χ0) is 24.0. The molecule has 0 bridgehead atoms. The van der Waals surface area contributed by atoms with Crippen molar-refractivity contribution in [1.82, 2.24) is 5.32 Å². The van der Waals surface area contributed by atoms with E-state index in [2.05, 4.69) is 15.4 Å². The van der Waals surface area contributed by atoms with Crippen LogP contribution >= 0.6 is 11.6 Å². The van der Waals surface area contributed by atoms with Gasteiger partial charge in [-0.15, -0.1) is 0 Å². The normalized spacial score (nSPS) is 10.5. The SMILES string of the molecule is O=C(Nc1ccccc1C(=O)NCc1ccc(OC(F)F)cc1)c1ccc([N+](=O)[O-])cc1Cl. The van der Waals surface area contributed by atoms with Crippen molar-refractivity contribution in [3.63, 3.8) is 0 Å². The Morgan fingerprint density at radius 1 is 1.00 bits per heavy atom. The molecule has 0 spiro atoms. The molecule has 2 amide bonds. The van der Waals surface area contributed by atoms with E-state index in [1.807, 2.05) is 0 Å². The fourth-order valence-electron chi connectivity index (χ4n) is 2.85. The standard InChI is InChI=1S/C22H16ClF2N3O5/c23-18-11-14(28(31)32)7-10-16(18)21(30)27-19-4-2-1-3-17(19)20(29)26-12-13-5-8-15(9-6-13)33-22(24)25/h1-11,22H,12H2,(H,26,29)(H,27,30). The Hall–Kier alpha value is -4.05. The van der Waals surface area contributed by atoms with Crippen LogP contribution in [0, 0.1) is 10.1 Å². The number of nitrogens with one attached hydrogen (secondary N) is 2. The van der Waals surface area contributed by atoms with Gasteiger partial charge in [0.25, 0.3) is 17.5 Å². The lowest BCUT2D eigenvalue weighted by molar-refractivity contribution is -0.384. The van der Waals surface area contributed by atoms with Gasteiger partial charge in [-0.25, -0.2) is 0 Å². The number of para-hydroxylation sites is 1. The molecule has 11 heteroatoms. The van der Waals surface area contributed by atoms with Gasteiger partial charge in [-0.05, 0) is 35.9 Å². The third-order valence-corrected chi connectivity index (χ3v) is 4.74. The molecule has 170 valence electrons. The highest BCUT2D eigenvalue weighted by Crippen LogP contribution is 2.24. The molecule has 0 saturated heterocycles. The smallest absolute Gasteiger partial charge is 0.387 e. The van der Waals surface area contributed by atoms with Gasteiger partial charge in [-0.2, -0.15) is 8.78 Å². The molecule has 0 fully saturated rings. The lowest BCUT2D eigenvalue weighted by Gasteiger charge is -2.12. The van der Waals surface area contributed by atoms with Gasteiger partial charge in [0.15, 0.2) is 0 Å². The summed E-state index contributed by atoms with van der Waals surface area (Å²) in [6, 6.07) is 15.5. The average molecular weight is 476 g/mol. The van der Waals surface area contributed by atoms with Crippen LogP contribution in [0.1, 0.15) is 26.3 Å². The summed E-state index contributed by atoms with van der Waals surface area (Å²) >= 11 is 6.00. The van der Waals surface area contributed by atoms with Gasteiger partial charge in [0.2, 0.25) is 0 Å². The van der Waals surface area contributed by atoms with Gasteiger partial charge in [-0.3, -0.25) is 19.7 Å². The Balaban J connectivity index is 1.69. The Bertz CT molecular complexity index is 1190. The van der Waals surface area contributed by atoms with E-state index in [4.69, 9.17) is 11.6 Å². The molecule has 0 saturated carbocycles. The Kier molecular flexibility index (Phi) is 7.52. The predicted molar refractivity (Wildman–Crippen MR) is 117 cm³/mol. The van der Waals surface area contributed by atoms with Crippen LogP contribution in [-0.2, 0) is 6.54 Å². The molecular formula is C22H16ClF2N3O5. The van der Waals surface area contributed by atoms with Gasteiger partial charge >= 0.3 is 6.61 Å². The molecule has 0 aliphatic carbocycles. The first-order chi connectivity index (χ1) is 15.7. The maximum atomic E-state index is 12.7. The van der Waals surface area contributed by atoms with Crippen molar-refractivity contribution in [1.29, 1.82) is 0 Å². The van der Waals surface area contributed by atoms with E-state index in [0.29, 0.717) is 5.56 Å². The molecule has 33 heavy (non-hydrogen) atoms. The van der Waals surface area contributed by atoms with Gasteiger partial charge in [0.1, 0.15) is 5.75 Å². The Labute approximate surface area is 191 Å². The number of rotatable bonds is 8. The highest BCUT2D eigenvalue weighted by Gasteiger charge is 2.18. The quantitative estimate of drug-likeness (QED) is 0.350. The van der Waals surface area contributed by atoms with Crippen molar-refractivity contribution in [3.05, 3.63) is 98.6 Å². The number of nitro benzene ring substituents is 1. The third kappa shape index (κ3) is 6.23. The van der Waals surface area contributed by atoms with Crippen LogP contribution in [0.15, 0.2) is 66.7 Å². The van der Waals surface area contributed by atoms with Gasteiger partial charge in [0.05, 0.1) is 26.8 Å². The number of nitro groups is 1. The van der Waals surface area contributed by atoms with Crippen molar-refractivity contribution in [2.45, 2.75) is 13.2 Å². The Morgan fingerprint density at radius 3 is 2.33 bits per heavy atom. The van der Waals surface area contributed by atoms with Crippen molar-refractivity contribution >= 4 is 34.8 Å². The topological polar surface area (TPSA) is 111 Å². The number of amides is 2.